The van der Waals surface area contributed by atoms with Gasteiger partial charge in [-0.15, -0.1) is 0 Å². The van der Waals surface area contributed by atoms with E-state index < -0.39 is 11.7 Å². The lowest BCUT2D eigenvalue weighted by Gasteiger charge is -2.16. The Morgan fingerprint density at radius 1 is 1.33 bits per heavy atom. The molecular weight excluding hydrogens is 304 g/mol. The normalized spacial score (nSPS) is 17.2. The molecule has 0 bridgehead atoms. The number of primary amides is 1. The number of aliphatic hydroxyl groups excluding tert-OH is 1. The van der Waals surface area contributed by atoms with Crippen LogP contribution in [0.15, 0.2) is 30.3 Å². The molecule has 1 aliphatic heterocycles. The molecule has 0 aliphatic carbocycles. The zero-order chi connectivity index (χ0) is 18.6. The van der Waals surface area contributed by atoms with Crippen molar-refractivity contribution in [2.24, 2.45) is 11.7 Å². The van der Waals surface area contributed by atoms with E-state index in [1.807, 2.05) is 0 Å². The molecule has 24 heavy (non-hydrogen) atoms. The highest BCUT2D eigenvalue weighted by molar-refractivity contribution is 5.65. The number of nitrogens with two attached hydrogens (primary N) is 1. The van der Waals surface area contributed by atoms with Crippen LogP contribution < -0.4 is 5.73 Å². The predicted octanol–water partition coefficient (Wildman–Crippen LogP) is 3.41. The summed E-state index contributed by atoms with van der Waals surface area (Å²) in [5, 5.41) is 7.57. The Hall–Kier alpha value is -1.59. The van der Waals surface area contributed by atoms with Crippen molar-refractivity contribution in [3.63, 3.8) is 0 Å². The molecule has 1 saturated heterocycles. The van der Waals surface area contributed by atoms with Gasteiger partial charge in [0.2, 0.25) is 0 Å². The molecule has 1 aromatic rings. The maximum Gasteiger partial charge on any atom is 0.405 e. The molecule has 0 saturated carbocycles. The highest BCUT2D eigenvalue weighted by Crippen LogP contribution is 2.17. The Bertz CT molecular complexity index is 444. The fourth-order valence-corrected chi connectivity index (χ4v) is 2.31. The van der Waals surface area contributed by atoms with Gasteiger partial charge in [0, 0.05) is 19.7 Å². The number of benzene rings is 1. The molecule has 0 spiro atoms. The molecule has 0 radical (unpaired) electrons. The Labute approximate surface area is 146 Å². The van der Waals surface area contributed by atoms with E-state index in [0.717, 1.165) is 12.5 Å². The Morgan fingerprint density at radius 2 is 1.88 bits per heavy atom. The van der Waals surface area contributed by atoms with E-state index in [9.17, 15) is 4.79 Å². The molecule has 1 unspecified atom stereocenters. The highest BCUT2D eigenvalue weighted by Gasteiger charge is 2.17. The smallest absolute Gasteiger partial charge is 0.405 e. The Kier molecular flexibility index (Phi) is 11.1. The second-order valence-corrected chi connectivity index (χ2v) is 6.96. The van der Waals surface area contributed by atoms with Crippen LogP contribution in [0, 0.1) is 5.92 Å². The van der Waals surface area contributed by atoms with Crippen molar-refractivity contribution in [3.05, 3.63) is 35.9 Å². The number of likely N-dealkylation sites (tertiary alicyclic amines) is 1. The fraction of sp³-hybridized carbons (Fsp3) is 0.632. The van der Waals surface area contributed by atoms with Crippen LogP contribution in [-0.4, -0.2) is 41.4 Å². The van der Waals surface area contributed by atoms with Crippen LogP contribution in [0.5, 0.6) is 0 Å². The number of carbonyl (C=O) groups excluding carboxylic acids is 1. The van der Waals surface area contributed by atoms with Crippen molar-refractivity contribution in [3.8, 4) is 0 Å². The lowest BCUT2D eigenvalue weighted by molar-refractivity contribution is 0.0600. The topological polar surface area (TPSA) is 75.8 Å². The standard InChI is InChI=1S/C12H17N.C5H11NO2.C2H6O/c1-11-7-8-13(9-11)10-12-5-3-2-4-6-12;1-5(2,3)8-4(6)7;1-2-3/h2-6,11H,7-10H2,1H3;1-3H3,(H2,6,7);3H,2H2,1H3. The van der Waals surface area contributed by atoms with Crippen LogP contribution in [0.25, 0.3) is 0 Å². The summed E-state index contributed by atoms with van der Waals surface area (Å²) in [6.07, 6.45) is 0.643. The first-order valence-corrected chi connectivity index (χ1v) is 8.53. The first-order valence-electron chi connectivity index (χ1n) is 8.53. The first kappa shape index (κ1) is 22.4. The molecule has 5 heteroatoms. The van der Waals surface area contributed by atoms with Crippen LogP contribution in [0.3, 0.4) is 0 Å². The van der Waals surface area contributed by atoms with Gasteiger partial charge in [0.05, 0.1) is 0 Å². The molecule has 2 rings (SSSR count). The maximum atomic E-state index is 10.0. The summed E-state index contributed by atoms with van der Waals surface area (Å²) in [4.78, 5) is 12.6. The van der Waals surface area contributed by atoms with Gasteiger partial charge in [0.1, 0.15) is 5.60 Å². The van der Waals surface area contributed by atoms with Crippen molar-refractivity contribution in [2.45, 2.75) is 53.2 Å². The number of amides is 1. The lowest BCUT2D eigenvalue weighted by Crippen LogP contribution is -2.27. The van der Waals surface area contributed by atoms with Crippen molar-refractivity contribution in [1.82, 2.24) is 4.90 Å². The maximum absolute atomic E-state index is 10.0. The van der Waals surface area contributed by atoms with Gasteiger partial charge in [-0.3, -0.25) is 4.90 Å². The largest absolute Gasteiger partial charge is 0.444 e. The number of hydrogen-bond acceptors (Lipinski definition) is 4. The third kappa shape index (κ3) is 12.9. The zero-order valence-corrected chi connectivity index (χ0v) is 15.8. The van der Waals surface area contributed by atoms with Gasteiger partial charge in [-0.2, -0.15) is 0 Å². The van der Waals surface area contributed by atoms with Crippen molar-refractivity contribution >= 4 is 6.09 Å². The van der Waals surface area contributed by atoms with E-state index in [4.69, 9.17) is 10.8 Å². The number of hydrogen-bond donors (Lipinski definition) is 2. The molecule has 0 aromatic heterocycles. The van der Waals surface area contributed by atoms with Crippen LogP contribution in [-0.2, 0) is 11.3 Å². The van der Waals surface area contributed by atoms with E-state index >= 15 is 0 Å². The summed E-state index contributed by atoms with van der Waals surface area (Å²) >= 11 is 0. The van der Waals surface area contributed by atoms with E-state index in [2.05, 4.69) is 46.9 Å². The molecule has 1 atom stereocenters. The molecule has 5 nitrogen and oxygen atoms in total. The monoisotopic (exact) mass is 338 g/mol. The molecule has 1 amide bonds. The van der Waals surface area contributed by atoms with Gasteiger partial charge >= 0.3 is 6.09 Å². The number of aliphatic hydroxyl groups is 1. The SMILES string of the molecule is CC(C)(C)OC(N)=O.CC1CCN(Cc2ccccc2)C1.CCO. The minimum Gasteiger partial charge on any atom is -0.444 e. The summed E-state index contributed by atoms with van der Waals surface area (Å²) in [7, 11) is 0. The highest BCUT2D eigenvalue weighted by atomic mass is 16.6. The van der Waals surface area contributed by atoms with Gasteiger partial charge in [0.15, 0.2) is 0 Å². The summed E-state index contributed by atoms with van der Waals surface area (Å²) in [5.41, 5.74) is 5.71. The molecule has 1 aliphatic rings. The van der Waals surface area contributed by atoms with Gasteiger partial charge in [-0.1, -0.05) is 37.3 Å². The quantitative estimate of drug-likeness (QED) is 0.866. The van der Waals surface area contributed by atoms with Crippen LogP contribution in [0.1, 0.15) is 46.6 Å². The molecule has 1 fully saturated rings. The molecule has 1 aromatic carbocycles. The van der Waals surface area contributed by atoms with Crippen molar-refractivity contribution < 1.29 is 14.6 Å². The van der Waals surface area contributed by atoms with Gasteiger partial charge in [0.25, 0.3) is 0 Å². The van der Waals surface area contributed by atoms with Crippen molar-refractivity contribution in [1.29, 1.82) is 0 Å². The molecule has 3 N–H and O–H groups in total. The molecular formula is C19H34N2O3. The first-order chi connectivity index (χ1) is 11.2. The average Bonchev–Trinajstić information content (AvgIpc) is 2.84. The van der Waals surface area contributed by atoms with E-state index in [1.54, 1.807) is 27.7 Å². The van der Waals surface area contributed by atoms with Crippen molar-refractivity contribution in [2.75, 3.05) is 19.7 Å². The Balaban J connectivity index is 0.000000415. The number of nitrogens with zero attached hydrogens (tertiary/aromatic N) is 1. The van der Waals surface area contributed by atoms with Crippen LogP contribution in [0.2, 0.25) is 0 Å². The summed E-state index contributed by atoms with van der Waals surface area (Å²) < 4.78 is 4.58. The molecule has 138 valence electrons. The summed E-state index contributed by atoms with van der Waals surface area (Å²) in [5.74, 6) is 0.892. The minimum absolute atomic E-state index is 0.250. The average molecular weight is 338 g/mol. The third-order valence-corrected chi connectivity index (χ3v) is 3.16. The van der Waals surface area contributed by atoms with Crippen LogP contribution >= 0.6 is 0 Å². The second-order valence-electron chi connectivity index (χ2n) is 6.96. The number of ether oxygens (including phenoxy) is 1. The summed E-state index contributed by atoms with van der Waals surface area (Å²) in [6, 6.07) is 10.7. The number of rotatable bonds is 2. The zero-order valence-electron chi connectivity index (χ0n) is 15.8. The van der Waals surface area contributed by atoms with E-state index in [0.29, 0.717) is 0 Å². The Morgan fingerprint density at radius 3 is 2.21 bits per heavy atom. The minimum atomic E-state index is -0.725. The molecule has 1 heterocycles. The van der Waals surface area contributed by atoms with E-state index in [-0.39, 0.29) is 6.61 Å². The predicted molar refractivity (Wildman–Crippen MR) is 98.7 cm³/mol. The van der Waals surface area contributed by atoms with Gasteiger partial charge in [-0.25, -0.2) is 4.79 Å². The van der Waals surface area contributed by atoms with Crippen LogP contribution in [0.4, 0.5) is 4.79 Å². The lowest BCUT2D eigenvalue weighted by atomic mass is 10.2. The van der Waals surface area contributed by atoms with Gasteiger partial charge in [-0.05, 0) is 52.1 Å². The van der Waals surface area contributed by atoms with Gasteiger partial charge < -0.3 is 15.6 Å². The second kappa shape index (κ2) is 11.9. The third-order valence-electron chi connectivity index (χ3n) is 3.16. The summed E-state index contributed by atoms with van der Waals surface area (Å²) in [6.45, 7) is 13.2. The number of carbonyl (C=O) groups is 1. The van der Waals surface area contributed by atoms with E-state index in [1.165, 1.54) is 25.1 Å². The fourth-order valence-electron chi connectivity index (χ4n) is 2.31.